The highest BCUT2D eigenvalue weighted by Gasteiger charge is 2.18. The van der Waals surface area contributed by atoms with Crippen molar-refractivity contribution in [3.63, 3.8) is 0 Å². The first-order chi connectivity index (χ1) is 8.31. The number of ether oxygens (including phenoxy) is 1. The molecule has 1 aliphatic rings. The highest BCUT2D eigenvalue weighted by atomic mass is 16.5. The Labute approximate surface area is 102 Å². The smallest absolute Gasteiger partial charge is 0.233 e. The van der Waals surface area contributed by atoms with Gasteiger partial charge in [0.15, 0.2) is 0 Å². The van der Waals surface area contributed by atoms with Crippen LogP contribution >= 0.6 is 0 Å². The third kappa shape index (κ3) is 3.38. The van der Waals surface area contributed by atoms with Crippen molar-refractivity contribution >= 4 is 0 Å². The van der Waals surface area contributed by atoms with E-state index in [9.17, 15) is 0 Å². The molecule has 0 aliphatic carbocycles. The van der Waals surface area contributed by atoms with Gasteiger partial charge in [-0.1, -0.05) is 0 Å². The largest absolute Gasteiger partial charge is 0.480 e. The normalized spacial score (nSPS) is 21.4. The molecular formula is C12H20N4O. The monoisotopic (exact) mass is 236 g/mol. The minimum absolute atomic E-state index is 0.570. The summed E-state index contributed by atoms with van der Waals surface area (Å²) in [5.41, 5.74) is 1.00. The summed E-state index contributed by atoms with van der Waals surface area (Å²) in [5, 5.41) is 11.5. The Morgan fingerprint density at radius 1 is 1.47 bits per heavy atom. The molecular weight excluding hydrogens is 216 g/mol. The molecule has 0 saturated carbocycles. The van der Waals surface area contributed by atoms with E-state index in [1.807, 2.05) is 19.2 Å². The highest BCUT2D eigenvalue weighted by molar-refractivity contribution is 5.11. The average molecular weight is 236 g/mol. The van der Waals surface area contributed by atoms with Gasteiger partial charge in [0.25, 0.3) is 0 Å². The second-order valence-corrected chi connectivity index (χ2v) is 4.43. The summed E-state index contributed by atoms with van der Waals surface area (Å²) >= 11 is 0. The Balaban J connectivity index is 1.90. The van der Waals surface area contributed by atoms with Crippen LogP contribution in [-0.4, -0.2) is 48.4 Å². The molecule has 2 heterocycles. The fraction of sp³-hybridized carbons (Fsp3) is 0.667. The second kappa shape index (κ2) is 5.93. The van der Waals surface area contributed by atoms with E-state index in [1.54, 1.807) is 7.11 Å². The minimum atomic E-state index is 0.570. The number of likely N-dealkylation sites (tertiary alicyclic amines) is 1. The van der Waals surface area contributed by atoms with Crippen LogP contribution in [0.4, 0.5) is 0 Å². The van der Waals surface area contributed by atoms with Crippen LogP contribution in [-0.2, 0) is 6.54 Å². The Hall–Kier alpha value is -1.20. The van der Waals surface area contributed by atoms with E-state index < -0.39 is 0 Å². The van der Waals surface area contributed by atoms with Gasteiger partial charge in [0, 0.05) is 25.2 Å². The third-order valence-corrected chi connectivity index (χ3v) is 3.20. The van der Waals surface area contributed by atoms with Crippen molar-refractivity contribution in [1.29, 1.82) is 0 Å². The molecule has 1 aromatic rings. The molecule has 1 fully saturated rings. The maximum atomic E-state index is 5.00. The number of piperidine rings is 1. The van der Waals surface area contributed by atoms with Gasteiger partial charge in [-0.15, -0.1) is 5.10 Å². The van der Waals surface area contributed by atoms with E-state index in [0.717, 1.165) is 25.3 Å². The summed E-state index contributed by atoms with van der Waals surface area (Å²) in [6, 6.07) is 4.45. The van der Waals surface area contributed by atoms with Crippen LogP contribution in [0.3, 0.4) is 0 Å². The first-order valence-corrected chi connectivity index (χ1v) is 6.08. The van der Waals surface area contributed by atoms with E-state index in [-0.39, 0.29) is 0 Å². The Kier molecular flexibility index (Phi) is 4.28. The highest BCUT2D eigenvalue weighted by Crippen LogP contribution is 2.13. The Morgan fingerprint density at radius 3 is 3.00 bits per heavy atom. The fourth-order valence-electron chi connectivity index (χ4n) is 2.20. The van der Waals surface area contributed by atoms with Gasteiger partial charge in [-0.05, 0) is 32.5 Å². The lowest BCUT2D eigenvalue weighted by atomic mass is 10.1. The maximum absolute atomic E-state index is 5.00. The second-order valence-electron chi connectivity index (χ2n) is 4.43. The molecule has 1 atom stereocenters. The Morgan fingerprint density at radius 2 is 2.35 bits per heavy atom. The number of nitrogens with zero attached hydrogens (tertiary/aromatic N) is 3. The molecule has 0 spiro atoms. The lowest BCUT2D eigenvalue weighted by Crippen LogP contribution is -2.44. The van der Waals surface area contributed by atoms with Gasteiger partial charge >= 0.3 is 0 Å². The molecule has 94 valence electrons. The lowest BCUT2D eigenvalue weighted by Gasteiger charge is -2.32. The van der Waals surface area contributed by atoms with Gasteiger partial charge in [0.2, 0.25) is 5.88 Å². The average Bonchev–Trinajstić information content (AvgIpc) is 2.40. The zero-order chi connectivity index (χ0) is 12.1. The first-order valence-electron chi connectivity index (χ1n) is 6.08. The quantitative estimate of drug-likeness (QED) is 0.832. The van der Waals surface area contributed by atoms with Crippen molar-refractivity contribution in [3.05, 3.63) is 17.8 Å². The van der Waals surface area contributed by atoms with Gasteiger partial charge in [0.05, 0.1) is 12.8 Å². The molecule has 2 rings (SSSR count). The molecule has 1 aromatic heterocycles. The van der Waals surface area contributed by atoms with Crippen LogP contribution in [0.2, 0.25) is 0 Å². The zero-order valence-electron chi connectivity index (χ0n) is 10.5. The van der Waals surface area contributed by atoms with Crippen LogP contribution in [0.25, 0.3) is 0 Å². The number of nitrogens with one attached hydrogen (secondary N) is 1. The van der Waals surface area contributed by atoms with Crippen LogP contribution in [0.5, 0.6) is 5.88 Å². The molecule has 1 unspecified atom stereocenters. The SMILES string of the molecule is CNC1CCCN(Cc2ccc(OC)nn2)C1. The standard InChI is InChI=1S/C12H20N4O/c1-13-10-4-3-7-16(8-10)9-11-5-6-12(17-2)15-14-11/h5-6,10,13H,3-4,7-9H2,1-2H3. The van der Waals surface area contributed by atoms with Crippen molar-refractivity contribution in [2.45, 2.75) is 25.4 Å². The van der Waals surface area contributed by atoms with E-state index in [1.165, 1.54) is 12.8 Å². The molecule has 17 heavy (non-hydrogen) atoms. The number of methoxy groups -OCH3 is 1. The maximum Gasteiger partial charge on any atom is 0.233 e. The van der Waals surface area contributed by atoms with Gasteiger partial charge in [0.1, 0.15) is 0 Å². The number of hydrogen-bond acceptors (Lipinski definition) is 5. The van der Waals surface area contributed by atoms with Crippen molar-refractivity contribution < 1.29 is 4.74 Å². The molecule has 0 bridgehead atoms. The molecule has 1 aliphatic heterocycles. The number of aromatic nitrogens is 2. The predicted octanol–water partition coefficient (Wildman–Crippen LogP) is 0.669. The summed E-state index contributed by atoms with van der Waals surface area (Å²) < 4.78 is 5.00. The molecule has 0 amide bonds. The molecule has 5 heteroatoms. The Bertz CT molecular complexity index is 341. The van der Waals surface area contributed by atoms with E-state index in [2.05, 4.69) is 20.4 Å². The molecule has 0 radical (unpaired) electrons. The summed E-state index contributed by atoms with van der Waals surface area (Å²) in [6.07, 6.45) is 2.51. The number of hydrogen-bond donors (Lipinski definition) is 1. The zero-order valence-corrected chi connectivity index (χ0v) is 10.5. The lowest BCUT2D eigenvalue weighted by molar-refractivity contribution is 0.185. The van der Waals surface area contributed by atoms with E-state index >= 15 is 0 Å². The molecule has 5 nitrogen and oxygen atoms in total. The topological polar surface area (TPSA) is 50.3 Å². The van der Waals surface area contributed by atoms with Crippen molar-refractivity contribution in [2.24, 2.45) is 0 Å². The minimum Gasteiger partial charge on any atom is -0.480 e. The van der Waals surface area contributed by atoms with E-state index in [4.69, 9.17) is 4.74 Å². The first kappa shape index (κ1) is 12.3. The van der Waals surface area contributed by atoms with Crippen molar-refractivity contribution in [1.82, 2.24) is 20.4 Å². The molecule has 1 saturated heterocycles. The summed E-state index contributed by atoms with van der Waals surface area (Å²) in [6.45, 7) is 3.10. The van der Waals surface area contributed by atoms with Crippen LogP contribution < -0.4 is 10.1 Å². The van der Waals surface area contributed by atoms with Gasteiger partial charge in [-0.2, -0.15) is 5.10 Å². The van der Waals surface area contributed by atoms with Crippen molar-refractivity contribution in [3.8, 4) is 5.88 Å². The van der Waals surface area contributed by atoms with Gasteiger partial charge in [-0.3, -0.25) is 4.90 Å². The summed E-state index contributed by atoms with van der Waals surface area (Å²) in [7, 11) is 3.63. The van der Waals surface area contributed by atoms with Gasteiger partial charge < -0.3 is 10.1 Å². The summed E-state index contributed by atoms with van der Waals surface area (Å²) in [4.78, 5) is 2.42. The third-order valence-electron chi connectivity index (χ3n) is 3.20. The van der Waals surface area contributed by atoms with E-state index in [0.29, 0.717) is 11.9 Å². The van der Waals surface area contributed by atoms with Crippen molar-refractivity contribution in [2.75, 3.05) is 27.2 Å². The van der Waals surface area contributed by atoms with Crippen LogP contribution in [0.15, 0.2) is 12.1 Å². The predicted molar refractivity (Wildman–Crippen MR) is 65.9 cm³/mol. The van der Waals surface area contributed by atoms with Crippen LogP contribution in [0.1, 0.15) is 18.5 Å². The molecule has 1 N–H and O–H groups in total. The van der Waals surface area contributed by atoms with Gasteiger partial charge in [-0.25, -0.2) is 0 Å². The fourth-order valence-corrected chi connectivity index (χ4v) is 2.20. The van der Waals surface area contributed by atoms with Crippen LogP contribution in [0, 0.1) is 0 Å². The summed E-state index contributed by atoms with van der Waals surface area (Å²) in [5.74, 6) is 0.570. The number of likely N-dealkylation sites (N-methyl/N-ethyl adjacent to an activating group) is 1. The number of rotatable bonds is 4. The molecule has 0 aromatic carbocycles.